The highest BCUT2D eigenvalue weighted by atomic mass is 35.5. The molecule has 0 aliphatic rings. The van der Waals surface area contributed by atoms with Crippen LogP contribution < -0.4 is 0 Å². The lowest BCUT2D eigenvalue weighted by atomic mass is 10.1. The molecule has 0 radical (unpaired) electrons. The first-order chi connectivity index (χ1) is 9.40. The van der Waals surface area contributed by atoms with Crippen LogP contribution in [0.2, 0.25) is 5.02 Å². The van der Waals surface area contributed by atoms with Crippen LogP contribution >= 0.6 is 11.6 Å². The number of nitro groups is 1. The van der Waals surface area contributed by atoms with E-state index in [-0.39, 0.29) is 18.0 Å². The molecule has 0 bridgehead atoms. The van der Waals surface area contributed by atoms with E-state index in [2.05, 4.69) is 5.10 Å². The van der Waals surface area contributed by atoms with Gasteiger partial charge >= 0.3 is 5.69 Å². The van der Waals surface area contributed by atoms with Crippen LogP contribution in [0.4, 0.5) is 5.69 Å². The summed E-state index contributed by atoms with van der Waals surface area (Å²) in [4.78, 5) is 22.5. The third-order valence-electron chi connectivity index (χ3n) is 2.99. The number of hydrogen-bond donors (Lipinski definition) is 0. The summed E-state index contributed by atoms with van der Waals surface area (Å²) < 4.78 is 1.35. The fraction of sp³-hybridized carbons (Fsp3) is 0.231. The van der Waals surface area contributed by atoms with Crippen LogP contribution in [-0.2, 0) is 6.54 Å². The van der Waals surface area contributed by atoms with E-state index in [1.807, 2.05) is 0 Å². The van der Waals surface area contributed by atoms with Crippen molar-refractivity contribution < 1.29 is 9.72 Å². The molecule has 1 aromatic heterocycles. The summed E-state index contributed by atoms with van der Waals surface area (Å²) in [6.45, 7) is 3.09. The number of benzene rings is 1. The minimum Gasteiger partial charge on any atom is -0.292 e. The molecule has 7 heteroatoms. The minimum absolute atomic E-state index is 0.0395. The molecule has 0 N–H and O–H groups in total. The largest absolute Gasteiger partial charge is 0.312 e. The van der Waals surface area contributed by atoms with Gasteiger partial charge in [0.2, 0.25) is 0 Å². The van der Waals surface area contributed by atoms with Gasteiger partial charge in [0.05, 0.1) is 4.92 Å². The van der Waals surface area contributed by atoms with Gasteiger partial charge in [0.25, 0.3) is 0 Å². The van der Waals surface area contributed by atoms with Crippen LogP contribution in [0.25, 0.3) is 0 Å². The molecule has 20 heavy (non-hydrogen) atoms. The van der Waals surface area contributed by atoms with E-state index in [4.69, 9.17) is 11.6 Å². The first kappa shape index (κ1) is 14.2. The molecule has 2 aromatic rings. The van der Waals surface area contributed by atoms with Crippen LogP contribution in [-0.4, -0.2) is 20.5 Å². The third kappa shape index (κ3) is 2.70. The molecule has 0 aliphatic carbocycles. The number of rotatable bonds is 4. The average Bonchev–Trinajstić information content (AvgIpc) is 2.65. The number of hydrogen-bond acceptors (Lipinski definition) is 4. The maximum absolute atomic E-state index is 12.1. The van der Waals surface area contributed by atoms with Gasteiger partial charge in [-0.25, -0.2) is 0 Å². The van der Waals surface area contributed by atoms with E-state index in [1.165, 1.54) is 4.68 Å². The molecular formula is C13H12ClN3O3. The number of halogens is 1. The molecule has 1 heterocycles. The average molecular weight is 294 g/mol. The predicted octanol–water partition coefficient (Wildman–Crippen LogP) is 2.94. The topological polar surface area (TPSA) is 78.0 Å². The Hall–Kier alpha value is -2.21. The zero-order chi connectivity index (χ0) is 14.9. The van der Waals surface area contributed by atoms with Gasteiger partial charge in [0.1, 0.15) is 17.9 Å². The van der Waals surface area contributed by atoms with E-state index in [0.717, 1.165) is 0 Å². The van der Waals surface area contributed by atoms with Crippen molar-refractivity contribution in [3.05, 3.63) is 56.4 Å². The summed E-state index contributed by atoms with van der Waals surface area (Å²) in [5.41, 5.74) is 1.12. The van der Waals surface area contributed by atoms with Crippen molar-refractivity contribution in [1.29, 1.82) is 0 Å². The Kier molecular flexibility index (Phi) is 3.85. The number of Topliss-reactive ketones (excluding diaryl/α,β-unsaturated/α-hetero) is 1. The lowest BCUT2D eigenvalue weighted by molar-refractivity contribution is -0.386. The molecule has 0 spiro atoms. The maximum Gasteiger partial charge on any atom is 0.312 e. The summed E-state index contributed by atoms with van der Waals surface area (Å²) in [7, 11) is 0. The molecule has 0 fully saturated rings. The van der Waals surface area contributed by atoms with Crippen LogP contribution in [0.3, 0.4) is 0 Å². The minimum atomic E-state index is -0.485. The number of ketones is 1. The summed E-state index contributed by atoms with van der Waals surface area (Å²) in [6.07, 6.45) is 0. The van der Waals surface area contributed by atoms with Crippen molar-refractivity contribution in [2.45, 2.75) is 20.4 Å². The Labute approximate surface area is 120 Å². The van der Waals surface area contributed by atoms with Crippen molar-refractivity contribution in [2.75, 3.05) is 0 Å². The van der Waals surface area contributed by atoms with Gasteiger partial charge in [-0.1, -0.05) is 11.6 Å². The van der Waals surface area contributed by atoms with Gasteiger partial charge in [0, 0.05) is 10.6 Å². The second-order valence-corrected chi connectivity index (χ2v) is 4.80. The number of aryl methyl sites for hydroxylation is 1. The normalized spacial score (nSPS) is 10.6. The lowest BCUT2D eigenvalue weighted by Crippen LogP contribution is -2.13. The molecule has 104 valence electrons. The van der Waals surface area contributed by atoms with Crippen LogP contribution in [0, 0.1) is 24.0 Å². The molecule has 1 aromatic carbocycles. The van der Waals surface area contributed by atoms with E-state index in [9.17, 15) is 14.9 Å². The molecule has 2 rings (SSSR count). The standard InChI is InChI=1S/C13H12ClN3O3/c1-8-13(17(19)20)9(2)16(15-8)7-12(18)10-3-5-11(14)6-4-10/h3-6H,7H2,1-2H3. The second kappa shape index (κ2) is 5.42. The molecule has 0 unspecified atom stereocenters. The van der Waals surface area contributed by atoms with Gasteiger partial charge < -0.3 is 0 Å². The molecular weight excluding hydrogens is 282 g/mol. The van der Waals surface area contributed by atoms with Crippen molar-refractivity contribution in [1.82, 2.24) is 9.78 Å². The molecule has 0 aliphatic heterocycles. The Morgan fingerprint density at radius 1 is 1.35 bits per heavy atom. The Morgan fingerprint density at radius 2 is 1.95 bits per heavy atom. The van der Waals surface area contributed by atoms with E-state index >= 15 is 0 Å². The summed E-state index contributed by atoms with van der Waals surface area (Å²) in [5.74, 6) is -0.179. The van der Waals surface area contributed by atoms with Crippen LogP contribution in [0.5, 0.6) is 0 Å². The van der Waals surface area contributed by atoms with Crippen LogP contribution in [0.1, 0.15) is 21.7 Å². The number of aromatic nitrogens is 2. The highest BCUT2D eigenvalue weighted by Crippen LogP contribution is 2.22. The molecule has 0 amide bonds. The first-order valence-corrected chi connectivity index (χ1v) is 6.25. The van der Waals surface area contributed by atoms with Gasteiger partial charge in [-0.05, 0) is 38.1 Å². The molecule has 6 nitrogen and oxygen atoms in total. The SMILES string of the molecule is Cc1nn(CC(=O)c2ccc(Cl)cc2)c(C)c1[N+](=O)[O-]. The second-order valence-electron chi connectivity index (χ2n) is 4.36. The summed E-state index contributed by atoms with van der Waals surface area (Å²) in [6, 6.07) is 6.48. The van der Waals surface area contributed by atoms with Gasteiger partial charge in [-0.3, -0.25) is 19.6 Å². The Bertz CT molecular complexity index is 677. The highest BCUT2D eigenvalue weighted by molar-refractivity contribution is 6.30. The molecule has 0 saturated heterocycles. The quantitative estimate of drug-likeness (QED) is 0.493. The number of carbonyl (C=O) groups excluding carboxylic acids is 1. The van der Waals surface area contributed by atoms with E-state index in [1.54, 1.807) is 38.1 Å². The van der Waals surface area contributed by atoms with Gasteiger partial charge in [0.15, 0.2) is 5.78 Å². The molecule has 0 atom stereocenters. The summed E-state index contributed by atoms with van der Waals surface area (Å²) >= 11 is 5.76. The van der Waals surface area contributed by atoms with Crippen molar-refractivity contribution in [3.8, 4) is 0 Å². The third-order valence-corrected chi connectivity index (χ3v) is 3.24. The number of nitrogens with zero attached hydrogens (tertiary/aromatic N) is 3. The van der Waals surface area contributed by atoms with Gasteiger partial charge in [-0.2, -0.15) is 5.10 Å². The van der Waals surface area contributed by atoms with E-state index in [0.29, 0.717) is 22.0 Å². The predicted molar refractivity (Wildman–Crippen MR) is 74.1 cm³/mol. The maximum atomic E-state index is 12.1. The zero-order valence-corrected chi connectivity index (χ0v) is 11.7. The van der Waals surface area contributed by atoms with Crippen LogP contribution in [0.15, 0.2) is 24.3 Å². The first-order valence-electron chi connectivity index (χ1n) is 5.87. The smallest absolute Gasteiger partial charge is 0.292 e. The monoisotopic (exact) mass is 293 g/mol. The van der Waals surface area contributed by atoms with Crippen molar-refractivity contribution in [2.24, 2.45) is 0 Å². The summed E-state index contributed by atoms with van der Waals surface area (Å²) in [5, 5.41) is 15.5. The Balaban J connectivity index is 2.26. The van der Waals surface area contributed by atoms with Crippen molar-refractivity contribution in [3.63, 3.8) is 0 Å². The van der Waals surface area contributed by atoms with Crippen molar-refractivity contribution >= 4 is 23.1 Å². The van der Waals surface area contributed by atoms with Gasteiger partial charge in [-0.15, -0.1) is 0 Å². The molecule has 0 saturated carbocycles. The fourth-order valence-electron chi connectivity index (χ4n) is 1.97. The van der Waals surface area contributed by atoms with E-state index < -0.39 is 4.92 Å². The fourth-order valence-corrected chi connectivity index (χ4v) is 2.09. The highest BCUT2D eigenvalue weighted by Gasteiger charge is 2.22. The Morgan fingerprint density at radius 3 is 2.45 bits per heavy atom. The lowest BCUT2D eigenvalue weighted by Gasteiger charge is -2.03. The number of carbonyl (C=O) groups is 1. The zero-order valence-electron chi connectivity index (χ0n) is 11.0.